The van der Waals surface area contributed by atoms with Gasteiger partial charge < -0.3 is 5.32 Å². The molecule has 0 aliphatic heterocycles. The van der Waals surface area contributed by atoms with Crippen LogP contribution in [0.3, 0.4) is 0 Å². The predicted molar refractivity (Wildman–Crippen MR) is 86.3 cm³/mol. The second kappa shape index (κ2) is 8.58. The maximum atomic E-state index is 12.0. The van der Waals surface area contributed by atoms with Crippen molar-refractivity contribution >= 4 is 22.4 Å². The van der Waals surface area contributed by atoms with Gasteiger partial charge in [-0.05, 0) is 24.5 Å². The number of benzene rings is 1. The van der Waals surface area contributed by atoms with Crippen molar-refractivity contribution in [2.45, 2.75) is 38.9 Å². The summed E-state index contributed by atoms with van der Waals surface area (Å²) in [6.45, 7) is 6.08. The predicted octanol–water partition coefficient (Wildman–Crippen LogP) is 3.07. The lowest BCUT2D eigenvalue weighted by molar-refractivity contribution is -0.116. The van der Waals surface area contributed by atoms with Crippen molar-refractivity contribution in [1.29, 1.82) is 5.26 Å². The Labute approximate surface area is 129 Å². The second-order valence-electron chi connectivity index (χ2n) is 5.34. The van der Waals surface area contributed by atoms with Crippen LogP contribution in [0.1, 0.15) is 39.2 Å². The Morgan fingerprint density at radius 2 is 2.00 bits per heavy atom. The lowest BCUT2D eigenvalue weighted by atomic mass is 10.2. The van der Waals surface area contributed by atoms with Gasteiger partial charge in [-0.3, -0.25) is 9.00 Å². The average molecular weight is 306 g/mol. The van der Waals surface area contributed by atoms with Gasteiger partial charge >= 0.3 is 0 Å². The average Bonchev–Trinajstić information content (AvgIpc) is 2.46. The minimum atomic E-state index is -0.896. The van der Waals surface area contributed by atoms with Gasteiger partial charge in [-0.15, -0.1) is 0 Å². The van der Waals surface area contributed by atoms with Crippen LogP contribution < -0.4 is 5.32 Å². The van der Waals surface area contributed by atoms with Crippen LogP contribution in [0, 0.1) is 17.2 Å². The molecule has 114 valence electrons. The largest absolute Gasteiger partial charge is 0.325 e. The van der Waals surface area contributed by atoms with Gasteiger partial charge in [0.05, 0.1) is 11.3 Å². The molecule has 1 N–H and O–H groups in total. The third-order valence-corrected chi connectivity index (χ3v) is 5.49. The molecule has 4 nitrogen and oxygen atoms in total. The Morgan fingerprint density at radius 1 is 1.33 bits per heavy atom. The Morgan fingerprint density at radius 3 is 2.62 bits per heavy atom. The van der Waals surface area contributed by atoms with Crippen LogP contribution in [0.5, 0.6) is 0 Å². The number of carbonyl (C=O) groups excluding carboxylic acids is 1. The van der Waals surface area contributed by atoms with Crippen molar-refractivity contribution in [2.24, 2.45) is 5.92 Å². The van der Waals surface area contributed by atoms with E-state index in [1.54, 1.807) is 24.3 Å². The first-order valence-corrected chi connectivity index (χ1v) is 8.50. The van der Waals surface area contributed by atoms with Crippen LogP contribution in [0.25, 0.3) is 0 Å². The molecule has 0 spiro atoms. The topological polar surface area (TPSA) is 70.0 Å². The van der Waals surface area contributed by atoms with E-state index < -0.39 is 10.8 Å². The Hall–Kier alpha value is -1.67. The van der Waals surface area contributed by atoms with E-state index in [-0.39, 0.29) is 11.2 Å². The van der Waals surface area contributed by atoms with E-state index in [1.165, 1.54) is 0 Å². The molecule has 0 fully saturated rings. The minimum Gasteiger partial charge on any atom is -0.325 e. The minimum absolute atomic E-state index is 0.146. The third-order valence-electron chi connectivity index (χ3n) is 3.42. The molecule has 0 saturated carbocycles. The third kappa shape index (κ3) is 5.68. The molecule has 0 aromatic heterocycles. The molecule has 1 amide bonds. The fourth-order valence-corrected chi connectivity index (χ4v) is 3.17. The fourth-order valence-electron chi connectivity index (χ4n) is 1.77. The number of amides is 1. The number of nitrogens with zero attached hydrogens (tertiary/aromatic N) is 1. The number of hydrogen-bond donors (Lipinski definition) is 1. The molecule has 0 heterocycles. The Kier molecular flexibility index (Phi) is 7.10. The van der Waals surface area contributed by atoms with E-state index in [1.807, 2.05) is 26.8 Å². The normalized spacial score (nSPS) is 13.5. The summed E-state index contributed by atoms with van der Waals surface area (Å²) in [6, 6.07) is 8.93. The molecule has 2 atom stereocenters. The summed E-state index contributed by atoms with van der Waals surface area (Å²) in [5, 5.41) is 11.8. The van der Waals surface area contributed by atoms with Crippen LogP contribution >= 0.6 is 0 Å². The van der Waals surface area contributed by atoms with E-state index in [0.717, 1.165) is 0 Å². The molecular formula is C16H22N2O2S. The molecular weight excluding hydrogens is 284 g/mol. The highest BCUT2D eigenvalue weighted by molar-refractivity contribution is 7.85. The Bertz CT molecular complexity index is 549. The molecule has 0 bridgehead atoms. The summed E-state index contributed by atoms with van der Waals surface area (Å²) in [7, 11) is -0.896. The first kappa shape index (κ1) is 17.4. The number of hydrogen-bond acceptors (Lipinski definition) is 3. The van der Waals surface area contributed by atoms with Gasteiger partial charge in [0, 0.05) is 28.2 Å². The van der Waals surface area contributed by atoms with Crippen LogP contribution in [-0.2, 0) is 15.6 Å². The summed E-state index contributed by atoms with van der Waals surface area (Å²) in [5.74, 6) is 0.765. The number of nitriles is 1. The van der Waals surface area contributed by atoms with E-state index >= 15 is 0 Å². The van der Waals surface area contributed by atoms with Gasteiger partial charge in [-0.1, -0.05) is 32.9 Å². The summed E-state index contributed by atoms with van der Waals surface area (Å²) >= 11 is 0. The summed E-state index contributed by atoms with van der Waals surface area (Å²) in [5.41, 5.74) is 0.976. The number of anilines is 1. The van der Waals surface area contributed by atoms with Gasteiger partial charge in [0.1, 0.15) is 6.07 Å². The van der Waals surface area contributed by atoms with Crippen LogP contribution in [0.2, 0.25) is 0 Å². The van der Waals surface area contributed by atoms with Crippen LogP contribution in [0.4, 0.5) is 5.69 Å². The summed E-state index contributed by atoms with van der Waals surface area (Å²) in [4.78, 5) is 11.8. The molecule has 0 radical (unpaired) electrons. The van der Waals surface area contributed by atoms with Crippen molar-refractivity contribution in [3.8, 4) is 6.07 Å². The smallest absolute Gasteiger partial charge is 0.224 e. The number of nitrogens with one attached hydrogen (secondary N) is 1. The SMILES string of the molecule is CC(C)C(C)S(=O)CCCC(=O)Nc1ccccc1C#N. The van der Waals surface area contributed by atoms with Crippen molar-refractivity contribution < 1.29 is 9.00 Å². The zero-order chi connectivity index (χ0) is 15.8. The highest BCUT2D eigenvalue weighted by Crippen LogP contribution is 2.14. The van der Waals surface area contributed by atoms with E-state index in [9.17, 15) is 9.00 Å². The van der Waals surface area contributed by atoms with E-state index in [2.05, 4.69) is 5.32 Å². The zero-order valence-electron chi connectivity index (χ0n) is 12.8. The second-order valence-corrected chi connectivity index (χ2v) is 7.26. The molecule has 0 aliphatic rings. The monoisotopic (exact) mass is 306 g/mol. The number of rotatable bonds is 7. The van der Waals surface area contributed by atoms with Gasteiger partial charge in [-0.2, -0.15) is 5.26 Å². The zero-order valence-corrected chi connectivity index (χ0v) is 13.6. The fraction of sp³-hybridized carbons (Fsp3) is 0.500. The lowest BCUT2D eigenvalue weighted by Gasteiger charge is -2.14. The van der Waals surface area contributed by atoms with Gasteiger partial charge in [-0.25, -0.2) is 0 Å². The molecule has 5 heteroatoms. The molecule has 21 heavy (non-hydrogen) atoms. The molecule has 2 unspecified atom stereocenters. The molecule has 1 rings (SSSR count). The quantitative estimate of drug-likeness (QED) is 0.841. The highest BCUT2D eigenvalue weighted by atomic mass is 32.2. The maximum absolute atomic E-state index is 12.0. The first-order chi connectivity index (χ1) is 9.95. The lowest BCUT2D eigenvalue weighted by Crippen LogP contribution is -2.21. The highest BCUT2D eigenvalue weighted by Gasteiger charge is 2.15. The molecule has 0 saturated heterocycles. The van der Waals surface area contributed by atoms with Gasteiger partial charge in [0.15, 0.2) is 0 Å². The first-order valence-electron chi connectivity index (χ1n) is 7.12. The molecule has 1 aromatic rings. The maximum Gasteiger partial charge on any atom is 0.224 e. The van der Waals surface area contributed by atoms with E-state index in [4.69, 9.17) is 5.26 Å². The number of carbonyl (C=O) groups is 1. The molecule has 0 aliphatic carbocycles. The standard InChI is InChI=1S/C16H22N2O2S/c1-12(2)13(3)21(20)10-6-9-16(19)18-15-8-5-4-7-14(15)11-17/h4-5,7-8,12-13H,6,9-10H2,1-3H3,(H,18,19). The van der Waals surface area contributed by atoms with Gasteiger partial charge in [0.2, 0.25) is 5.91 Å². The Balaban J connectivity index is 2.42. The van der Waals surface area contributed by atoms with Crippen LogP contribution in [0.15, 0.2) is 24.3 Å². The van der Waals surface area contributed by atoms with Crippen molar-refractivity contribution in [1.82, 2.24) is 0 Å². The summed E-state index contributed by atoms with van der Waals surface area (Å²) < 4.78 is 12.0. The van der Waals surface area contributed by atoms with Crippen molar-refractivity contribution in [3.05, 3.63) is 29.8 Å². The number of para-hydroxylation sites is 1. The van der Waals surface area contributed by atoms with Crippen molar-refractivity contribution in [3.63, 3.8) is 0 Å². The summed E-state index contributed by atoms with van der Waals surface area (Å²) in [6.07, 6.45) is 0.903. The van der Waals surface area contributed by atoms with Crippen LogP contribution in [-0.4, -0.2) is 21.1 Å². The van der Waals surface area contributed by atoms with E-state index in [0.29, 0.717) is 35.8 Å². The van der Waals surface area contributed by atoms with Crippen molar-refractivity contribution in [2.75, 3.05) is 11.1 Å². The molecule has 1 aromatic carbocycles. The van der Waals surface area contributed by atoms with Gasteiger partial charge in [0.25, 0.3) is 0 Å².